The Kier molecular flexibility index (Phi) is 5.44. The van der Waals surface area contributed by atoms with Crippen molar-refractivity contribution in [2.75, 3.05) is 10.6 Å². The minimum absolute atomic E-state index is 0.00439. The van der Waals surface area contributed by atoms with E-state index in [0.29, 0.717) is 16.3 Å². The zero-order chi connectivity index (χ0) is 21.3. The van der Waals surface area contributed by atoms with Crippen molar-refractivity contribution >= 4 is 49.9 Å². The molecule has 0 unspecified atom stereocenters. The first-order chi connectivity index (χ1) is 14.4. The van der Waals surface area contributed by atoms with E-state index in [1.807, 2.05) is 0 Å². The van der Waals surface area contributed by atoms with Gasteiger partial charge >= 0.3 is 5.69 Å². The average Bonchev–Trinajstić information content (AvgIpc) is 3.31. The molecule has 0 saturated heterocycles. The highest BCUT2D eigenvalue weighted by Gasteiger charge is 2.25. The molecule has 0 bridgehead atoms. The number of carbonyl (C=O) groups is 2. The number of aryl methyl sites for hydroxylation is 1. The van der Waals surface area contributed by atoms with Gasteiger partial charge in [-0.2, -0.15) is 5.10 Å². The van der Waals surface area contributed by atoms with Crippen LogP contribution in [-0.4, -0.2) is 31.5 Å². The zero-order valence-electron chi connectivity index (χ0n) is 16.3. The topological polar surface area (TPSA) is 132 Å². The molecule has 0 radical (unpaired) electrons. The van der Waals surface area contributed by atoms with E-state index in [4.69, 9.17) is 0 Å². The van der Waals surface area contributed by atoms with Gasteiger partial charge in [-0.15, -0.1) is 0 Å². The van der Waals surface area contributed by atoms with E-state index in [0.717, 1.165) is 30.4 Å². The number of hydrogen-bond acceptors (Lipinski definition) is 7. The number of hydrogen-bond donors (Lipinski definition) is 2. The van der Waals surface area contributed by atoms with Gasteiger partial charge in [0, 0.05) is 18.7 Å². The van der Waals surface area contributed by atoms with Crippen LogP contribution in [0, 0.1) is 16.0 Å². The summed E-state index contributed by atoms with van der Waals surface area (Å²) in [5.74, 6) is -0.628. The number of carbonyl (C=O) groups excluding carboxylic acids is 2. The number of nitrogens with one attached hydrogen (secondary N) is 2. The molecule has 2 N–H and O–H groups in total. The van der Waals surface area contributed by atoms with Crippen molar-refractivity contribution in [2.24, 2.45) is 13.0 Å². The zero-order valence-corrected chi connectivity index (χ0v) is 17.1. The largest absolute Gasteiger partial charge is 0.320 e. The summed E-state index contributed by atoms with van der Waals surface area (Å²) in [7, 11) is 1.51. The Morgan fingerprint density at radius 3 is 2.73 bits per heavy atom. The van der Waals surface area contributed by atoms with Crippen LogP contribution in [0.2, 0.25) is 0 Å². The Morgan fingerprint density at radius 1 is 1.23 bits per heavy atom. The molecule has 2 amide bonds. The van der Waals surface area contributed by atoms with Crippen molar-refractivity contribution in [3.63, 3.8) is 0 Å². The smallest absolute Gasteiger partial charge is 0.320 e. The molecule has 2 aromatic heterocycles. The molecule has 2 heterocycles. The van der Waals surface area contributed by atoms with Crippen LogP contribution >= 0.6 is 11.3 Å². The van der Waals surface area contributed by atoms with Gasteiger partial charge < -0.3 is 10.6 Å². The standard InChI is InChI=1S/C19H20N6O4S/c1-24-10-14(25(28)29)16(23-24)18(27)20-12-7-8-13-15(9-12)30-19(21-13)22-17(26)11-5-3-2-4-6-11/h7-11H,2-6H2,1H3,(H,20,27)(H,21,22,26). The monoisotopic (exact) mass is 428 g/mol. The summed E-state index contributed by atoms with van der Waals surface area (Å²) in [6.45, 7) is 0. The van der Waals surface area contributed by atoms with Crippen molar-refractivity contribution < 1.29 is 14.5 Å². The number of amides is 2. The van der Waals surface area contributed by atoms with Crippen LogP contribution < -0.4 is 10.6 Å². The molecule has 4 rings (SSSR count). The lowest BCUT2D eigenvalue weighted by Gasteiger charge is -2.19. The van der Waals surface area contributed by atoms with Crippen LogP contribution in [0.3, 0.4) is 0 Å². The fourth-order valence-corrected chi connectivity index (χ4v) is 4.50. The van der Waals surface area contributed by atoms with E-state index < -0.39 is 10.8 Å². The minimum atomic E-state index is -0.669. The van der Waals surface area contributed by atoms with Gasteiger partial charge in [0.2, 0.25) is 11.6 Å². The molecule has 1 aromatic carbocycles. The van der Waals surface area contributed by atoms with Gasteiger partial charge in [0.15, 0.2) is 5.13 Å². The summed E-state index contributed by atoms with van der Waals surface area (Å²) in [6, 6.07) is 5.10. The molecule has 0 atom stereocenters. The van der Waals surface area contributed by atoms with Crippen LogP contribution in [0.5, 0.6) is 0 Å². The number of nitro groups is 1. The SMILES string of the molecule is Cn1cc([N+](=O)[O-])c(C(=O)Nc2ccc3nc(NC(=O)C4CCCCC4)sc3c2)n1. The highest BCUT2D eigenvalue weighted by Crippen LogP contribution is 2.31. The molecule has 1 aliphatic rings. The number of thiazole rings is 1. The Morgan fingerprint density at radius 2 is 2.00 bits per heavy atom. The summed E-state index contributed by atoms with van der Waals surface area (Å²) < 4.78 is 2.00. The van der Waals surface area contributed by atoms with E-state index in [-0.39, 0.29) is 23.2 Å². The predicted octanol–water partition coefficient (Wildman–Crippen LogP) is 3.71. The molecule has 3 aromatic rings. The van der Waals surface area contributed by atoms with Crippen molar-refractivity contribution in [3.8, 4) is 0 Å². The Labute approximate surface area is 175 Å². The lowest BCUT2D eigenvalue weighted by Crippen LogP contribution is -2.24. The predicted molar refractivity (Wildman–Crippen MR) is 113 cm³/mol. The van der Waals surface area contributed by atoms with Gasteiger partial charge in [-0.25, -0.2) is 4.98 Å². The molecule has 30 heavy (non-hydrogen) atoms. The second-order valence-corrected chi connectivity index (χ2v) is 8.30. The lowest BCUT2D eigenvalue weighted by atomic mass is 9.89. The first-order valence-corrected chi connectivity index (χ1v) is 10.4. The molecule has 0 spiro atoms. The van der Waals surface area contributed by atoms with Crippen LogP contribution in [0.25, 0.3) is 10.2 Å². The van der Waals surface area contributed by atoms with Crippen molar-refractivity contribution in [1.82, 2.24) is 14.8 Å². The highest BCUT2D eigenvalue weighted by molar-refractivity contribution is 7.22. The maximum atomic E-state index is 12.5. The third-order valence-electron chi connectivity index (χ3n) is 5.07. The first kappa shape index (κ1) is 20.0. The fraction of sp³-hybridized carbons (Fsp3) is 0.368. The van der Waals surface area contributed by atoms with Gasteiger partial charge in [-0.1, -0.05) is 30.6 Å². The summed E-state index contributed by atoms with van der Waals surface area (Å²) in [5, 5.41) is 21.0. The Hall–Kier alpha value is -3.34. The fourth-order valence-electron chi connectivity index (χ4n) is 3.59. The maximum absolute atomic E-state index is 12.5. The summed E-state index contributed by atoms with van der Waals surface area (Å²) >= 11 is 1.32. The van der Waals surface area contributed by atoms with Gasteiger partial charge in [-0.05, 0) is 31.0 Å². The van der Waals surface area contributed by atoms with E-state index in [2.05, 4.69) is 20.7 Å². The van der Waals surface area contributed by atoms with Crippen LogP contribution in [0.1, 0.15) is 42.6 Å². The van der Waals surface area contributed by atoms with Crippen molar-refractivity contribution in [1.29, 1.82) is 0 Å². The molecule has 1 aliphatic carbocycles. The second kappa shape index (κ2) is 8.19. The third kappa shape index (κ3) is 4.15. The molecule has 11 heteroatoms. The molecule has 156 valence electrons. The van der Waals surface area contributed by atoms with Crippen LogP contribution in [0.4, 0.5) is 16.5 Å². The number of nitrogens with zero attached hydrogens (tertiary/aromatic N) is 4. The van der Waals surface area contributed by atoms with Gasteiger partial charge in [0.25, 0.3) is 5.91 Å². The van der Waals surface area contributed by atoms with Crippen LogP contribution in [-0.2, 0) is 11.8 Å². The Balaban J connectivity index is 1.49. The number of aromatic nitrogens is 3. The number of fused-ring (bicyclic) bond motifs is 1. The van der Waals surface area contributed by atoms with Gasteiger partial charge in [-0.3, -0.25) is 24.4 Å². The molecular formula is C19H20N6O4S. The van der Waals surface area contributed by atoms with E-state index in [1.165, 1.54) is 35.7 Å². The molecule has 1 saturated carbocycles. The van der Waals surface area contributed by atoms with E-state index in [1.54, 1.807) is 18.2 Å². The normalized spacial score (nSPS) is 14.6. The summed E-state index contributed by atoms with van der Waals surface area (Å²) in [4.78, 5) is 39.8. The lowest BCUT2D eigenvalue weighted by molar-refractivity contribution is -0.385. The van der Waals surface area contributed by atoms with E-state index in [9.17, 15) is 19.7 Å². The number of rotatable bonds is 5. The van der Waals surface area contributed by atoms with Gasteiger partial charge in [0.1, 0.15) is 6.20 Å². The summed E-state index contributed by atoms with van der Waals surface area (Å²) in [5.41, 5.74) is 0.538. The second-order valence-electron chi connectivity index (χ2n) is 7.27. The Bertz CT molecular complexity index is 1130. The number of anilines is 2. The van der Waals surface area contributed by atoms with Crippen molar-refractivity contribution in [2.45, 2.75) is 32.1 Å². The molecule has 1 fully saturated rings. The number of benzene rings is 1. The first-order valence-electron chi connectivity index (χ1n) is 9.61. The quantitative estimate of drug-likeness (QED) is 0.470. The maximum Gasteiger partial charge on any atom is 0.320 e. The van der Waals surface area contributed by atoms with E-state index >= 15 is 0 Å². The van der Waals surface area contributed by atoms with Crippen molar-refractivity contribution in [3.05, 3.63) is 40.2 Å². The molecule has 10 nitrogen and oxygen atoms in total. The minimum Gasteiger partial charge on any atom is -0.320 e. The van der Waals surface area contributed by atoms with Gasteiger partial charge in [0.05, 0.1) is 15.1 Å². The third-order valence-corrected chi connectivity index (χ3v) is 6.01. The van der Waals surface area contributed by atoms with Crippen LogP contribution in [0.15, 0.2) is 24.4 Å². The molecule has 0 aliphatic heterocycles. The highest BCUT2D eigenvalue weighted by atomic mass is 32.1. The average molecular weight is 428 g/mol. The molecular weight excluding hydrogens is 408 g/mol. The summed E-state index contributed by atoms with van der Waals surface area (Å²) in [6.07, 6.45) is 6.34.